The van der Waals surface area contributed by atoms with Crippen molar-refractivity contribution in [1.29, 1.82) is 0 Å². The normalized spacial score (nSPS) is 10.6. The van der Waals surface area contributed by atoms with E-state index in [1.807, 2.05) is 36.4 Å². The van der Waals surface area contributed by atoms with E-state index >= 15 is 0 Å². The molecule has 0 amide bonds. The van der Waals surface area contributed by atoms with Crippen molar-refractivity contribution in [2.75, 3.05) is 0 Å². The first-order valence-corrected chi connectivity index (χ1v) is 11.8. The standard InChI is InChI=1S/C27H26O3S2/c1-4-8-18-11-7-12-20(15-18)31-24-17-23(29)26(30)27(21(24)10-6-3)32-25-16-19(9-5-2)13-14-22(25)28/h4-7,11-17,28-30H,1-3,8-10H2. The summed E-state index contributed by atoms with van der Waals surface area (Å²) in [4.78, 5) is 2.94. The van der Waals surface area contributed by atoms with Crippen LogP contribution in [0.5, 0.6) is 17.2 Å². The van der Waals surface area contributed by atoms with Gasteiger partial charge in [-0.25, -0.2) is 0 Å². The van der Waals surface area contributed by atoms with Gasteiger partial charge in [0.1, 0.15) is 5.75 Å². The molecule has 0 bridgehead atoms. The zero-order valence-electron chi connectivity index (χ0n) is 17.8. The van der Waals surface area contributed by atoms with Crippen LogP contribution >= 0.6 is 23.5 Å². The van der Waals surface area contributed by atoms with E-state index in [1.165, 1.54) is 23.5 Å². The summed E-state index contributed by atoms with van der Waals surface area (Å²) in [6, 6.07) is 15.1. The van der Waals surface area contributed by atoms with Gasteiger partial charge in [0.25, 0.3) is 0 Å². The Hall–Kier alpha value is -3.02. The van der Waals surface area contributed by atoms with Crippen LogP contribution in [0.15, 0.2) is 106 Å². The number of allylic oxidation sites excluding steroid dienone is 3. The van der Waals surface area contributed by atoms with Crippen LogP contribution in [0.2, 0.25) is 0 Å². The van der Waals surface area contributed by atoms with Gasteiger partial charge in [-0.1, -0.05) is 60.0 Å². The highest BCUT2D eigenvalue weighted by molar-refractivity contribution is 8.00. The Balaban J connectivity index is 2.07. The van der Waals surface area contributed by atoms with Crippen molar-refractivity contribution < 1.29 is 15.3 Å². The average Bonchev–Trinajstić information content (AvgIpc) is 2.77. The quantitative estimate of drug-likeness (QED) is 0.218. The third-order valence-electron chi connectivity index (χ3n) is 4.77. The molecule has 0 unspecified atom stereocenters. The number of rotatable bonds is 10. The van der Waals surface area contributed by atoms with Crippen molar-refractivity contribution in [1.82, 2.24) is 0 Å². The van der Waals surface area contributed by atoms with Gasteiger partial charge in [0.15, 0.2) is 11.5 Å². The maximum Gasteiger partial charge on any atom is 0.172 e. The Kier molecular flexibility index (Phi) is 8.14. The number of hydrogen-bond donors (Lipinski definition) is 3. The predicted molar refractivity (Wildman–Crippen MR) is 134 cm³/mol. The molecule has 0 fully saturated rings. The third kappa shape index (κ3) is 5.61. The van der Waals surface area contributed by atoms with Crippen molar-refractivity contribution in [3.63, 3.8) is 0 Å². The fourth-order valence-corrected chi connectivity index (χ4v) is 5.54. The van der Waals surface area contributed by atoms with Crippen LogP contribution in [0, 0.1) is 0 Å². The minimum Gasteiger partial charge on any atom is -0.507 e. The summed E-state index contributed by atoms with van der Waals surface area (Å²) in [5.74, 6) is -0.293. The largest absolute Gasteiger partial charge is 0.507 e. The Labute approximate surface area is 197 Å². The van der Waals surface area contributed by atoms with Crippen LogP contribution < -0.4 is 0 Å². The highest BCUT2D eigenvalue weighted by atomic mass is 32.2. The summed E-state index contributed by atoms with van der Waals surface area (Å²) in [6.07, 6.45) is 7.36. The molecule has 5 heteroatoms. The Bertz CT molecular complexity index is 1150. The molecule has 0 aromatic heterocycles. The number of aromatic hydroxyl groups is 3. The number of phenolic OH excluding ortho intramolecular Hbond substituents is 3. The maximum atomic E-state index is 10.7. The lowest BCUT2D eigenvalue weighted by Gasteiger charge is -2.17. The lowest BCUT2D eigenvalue weighted by atomic mass is 10.1. The molecule has 0 aliphatic rings. The lowest BCUT2D eigenvalue weighted by molar-refractivity contribution is 0.392. The molecule has 0 saturated heterocycles. The first-order chi connectivity index (χ1) is 15.5. The summed E-state index contributed by atoms with van der Waals surface area (Å²) in [5.41, 5.74) is 2.99. The molecular formula is C27H26O3S2. The minimum atomic E-state index is -0.204. The molecule has 3 nitrogen and oxygen atoms in total. The van der Waals surface area contributed by atoms with Crippen LogP contribution in [0.3, 0.4) is 0 Å². The second kappa shape index (κ2) is 11.0. The van der Waals surface area contributed by atoms with Crippen LogP contribution in [-0.4, -0.2) is 15.3 Å². The van der Waals surface area contributed by atoms with Gasteiger partial charge < -0.3 is 15.3 Å². The fourth-order valence-electron chi connectivity index (χ4n) is 3.26. The van der Waals surface area contributed by atoms with Crippen molar-refractivity contribution >= 4 is 23.5 Å². The van der Waals surface area contributed by atoms with Crippen LogP contribution in [0.25, 0.3) is 0 Å². The van der Waals surface area contributed by atoms with E-state index in [-0.39, 0.29) is 17.2 Å². The summed E-state index contributed by atoms with van der Waals surface area (Å²) >= 11 is 2.74. The molecule has 3 rings (SSSR count). The van der Waals surface area contributed by atoms with Crippen molar-refractivity contribution in [3.8, 4) is 17.2 Å². The summed E-state index contributed by atoms with van der Waals surface area (Å²) < 4.78 is 0. The monoisotopic (exact) mass is 462 g/mol. The van der Waals surface area contributed by atoms with E-state index < -0.39 is 0 Å². The second-order valence-corrected chi connectivity index (χ2v) is 9.35. The van der Waals surface area contributed by atoms with Gasteiger partial charge in [-0.2, -0.15) is 0 Å². The van der Waals surface area contributed by atoms with Gasteiger partial charge in [-0.3, -0.25) is 0 Å². The van der Waals surface area contributed by atoms with Gasteiger partial charge in [0.05, 0.1) is 9.79 Å². The summed E-state index contributed by atoms with van der Waals surface area (Å²) in [5, 5.41) is 31.6. The predicted octanol–water partition coefficient (Wildman–Crippen LogP) is 7.29. The van der Waals surface area contributed by atoms with Crippen LogP contribution in [-0.2, 0) is 19.3 Å². The number of phenols is 3. The molecular weight excluding hydrogens is 436 g/mol. The molecule has 3 aromatic rings. The summed E-state index contributed by atoms with van der Waals surface area (Å²) in [6.45, 7) is 11.4. The molecule has 0 aliphatic carbocycles. The minimum absolute atomic E-state index is 0.112. The highest BCUT2D eigenvalue weighted by Gasteiger charge is 2.20. The van der Waals surface area contributed by atoms with Crippen LogP contribution in [0.4, 0.5) is 0 Å². The molecule has 0 atom stereocenters. The van der Waals surface area contributed by atoms with E-state index in [4.69, 9.17) is 0 Å². The van der Waals surface area contributed by atoms with Gasteiger partial charge >= 0.3 is 0 Å². The first-order valence-electron chi connectivity index (χ1n) is 10.1. The van der Waals surface area contributed by atoms with E-state index in [1.54, 1.807) is 24.3 Å². The molecule has 0 saturated carbocycles. The van der Waals surface area contributed by atoms with Crippen molar-refractivity contribution in [2.45, 2.75) is 38.8 Å². The smallest absolute Gasteiger partial charge is 0.172 e. The maximum absolute atomic E-state index is 10.7. The van der Waals surface area contributed by atoms with Gasteiger partial charge in [-0.05, 0) is 66.3 Å². The van der Waals surface area contributed by atoms with Gasteiger partial charge in [-0.15, -0.1) is 19.7 Å². The number of hydrogen-bond acceptors (Lipinski definition) is 5. The molecule has 3 aromatic carbocycles. The lowest BCUT2D eigenvalue weighted by Crippen LogP contribution is -1.93. The van der Waals surface area contributed by atoms with Crippen molar-refractivity contribution in [2.24, 2.45) is 0 Å². The summed E-state index contributed by atoms with van der Waals surface area (Å²) in [7, 11) is 0. The Morgan fingerprint density at radius 3 is 2.06 bits per heavy atom. The van der Waals surface area contributed by atoms with E-state index in [0.29, 0.717) is 22.6 Å². The molecule has 3 N–H and O–H groups in total. The van der Waals surface area contributed by atoms with E-state index in [0.717, 1.165) is 32.9 Å². The molecule has 0 aliphatic heterocycles. The average molecular weight is 463 g/mol. The molecule has 0 radical (unpaired) electrons. The molecule has 0 heterocycles. The van der Waals surface area contributed by atoms with E-state index in [2.05, 4.69) is 25.8 Å². The molecule has 32 heavy (non-hydrogen) atoms. The van der Waals surface area contributed by atoms with Gasteiger partial charge in [0.2, 0.25) is 0 Å². The topological polar surface area (TPSA) is 60.7 Å². The zero-order valence-corrected chi connectivity index (χ0v) is 19.4. The van der Waals surface area contributed by atoms with Gasteiger partial charge in [0, 0.05) is 9.79 Å². The van der Waals surface area contributed by atoms with Crippen LogP contribution in [0.1, 0.15) is 16.7 Å². The fraction of sp³-hybridized carbons (Fsp3) is 0.111. The highest BCUT2D eigenvalue weighted by Crippen LogP contribution is 2.49. The van der Waals surface area contributed by atoms with E-state index in [9.17, 15) is 15.3 Å². The SMILES string of the molecule is C=CCc1cccc(Sc2cc(O)c(O)c(Sc3cc(CC=C)ccc3O)c2CC=C)c1. The Morgan fingerprint density at radius 1 is 0.688 bits per heavy atom. The Morgan fingerprint density at radius 2 is 1.38 bits per heavy atom. The number of benzene rings is 3. The second-order valence-electron chi connectivity index (χ2n) is 7.18. The first kappa shape index (κ1) is 23.6. The zero-order chi connectivity index (χ0) is 23.1. The third-order valence-corrected chi connectivity index (χ3v) is 7.03. The van der Waals surface area contributed by atoms with Crippen molar-refractivity contribution in [3.05, 3.63) is 103 Å². The molecule has 164 valence electrons. The molecule has 0 spiro atoms.